The minimum absolute atomic E-state index is 0.245. The molecule has 1 atom stereocenters. The smallest absolute Gasteiger partial charge is 0.265 e. The number of carbonyl (C=O) groups excluding carboxylic acids is 1. The molecule has 0 aromatic heterocycles. The molecule has 0 fully saturated rings. The van der Waals surface area contributed by atoms with Gasteiger partial charge in [-0.15, -0.1) is 0 Å². The van der Waals surface area contributed by atoms with Crippen LogP contribution in [0.2, 0.25) is 0 Å². The van der Waals surface area contributed by atoms with Crippen LogP contribution in [0, 0.1) is 0 Å². The molecule has 0 bridgehead atoms. The summed E-state index contributed by atoms with van der Waals surface area (Å²) in [6.07, 6.45) is 0. The average Bonchev–Trinajstić information content (AvgIpc) is 2.28. The molecular formula is C9H11N5O. The third kappa shape index (κ3) is 2.70. The quantitative estimate of drug-likeness (QED) is 0.195. The molecule has 6 heteroatoms. The highest BCUT2D eigenvalue weighted by molar-refractivity contribution is 5.93. The van der Waals surface area contributed by atoms with Crippen LogP contribution in [0.3, 0.4) is 0 Å². The van der Waals surface area contributed by atoms with Crippen molar-refractivity contribution >= 4 is 5.91 Å². The number of nitrogen functional groups attached to an aromatic ring is 1. The van der Waals surface area contributed by atoms with Crippen LogP contribution in [-0.4, -0.2) is 5.91 Å². The zero-order valence-corrected chi connectivity index (χ0v) is 8.21. The first-order valence-corrected chi connectivity index (χ1v) is 4.34. The predicted molar refractivity (Wildman–Crippen MR) is 55.7 cm³/mol. The van der Waals surface area contributed by atoms with Gasteiger partial charge >= 0.3 is 0 Å². The zero-order valence-electron chi connectivity index (χ0n) is 8.21. The van der Waals surface area contributed by atoms with Gasteiger partial charge in [0.2, 0.25) is 0 Å². The van der Waals surface area contributed by atoms with Crippen molar-refractivity contribution in [2.24, 2.45) is 11.0 Å². The van der Waals surface area contributed by atoms with E-state index >= 15 is 0 Å². The Balaban J connectivity index is 2.89. The number of nitrogens with two attached hydrogens (primary N) is 1. The zero-order chi connectivity index (χ0) is 11.3. The standard InChI is InChI=1S/C9H11N5O/c1-6(13-14-11)7-2-4-8(5-3-7)9(15)12-10/h2-6H,10H2,1H3,(H,12,15). The van der Waals surface area contributed by atoms with Crippen LogP contribution in [0.25, 0.3) is 10.4 Å². The molecule has 78 valence electrons. The lowest BCUT2D eigenvalue weighted by molar-refractivity contribution is 0.0953. The summed E-state index contributed by atoms with van der Waals surface area (Å²) < 4.78 is 0. The maximum atomic E-state index is 11.1. The van der Waals surface area contributed by atoms with Gasteiger partial charge in [0.1, 0.15) is 0 Å². The first-order chi connectivity index (χ1) is 7.19. The molecule has 1 aromatic carbocycles. The number of hydrogen-bond donors (Lipinski definition) is 2. The number of azide groups is 1. The second kappa shape index (κ2) is 4.99. The van der Waals surface area contributed by atoms with Gasteiger partial charge in [0, 0.05) is 10.5 Å². The molecule has 0 saturated carbocycles. The van der Waals surface area contributed by atoms with Crippen molar-refractivity contribution in [3.8, 4) is 0 Å². The van der Waals surface area contributed by atoms with E-state index in [2.05, 4.69) is 10.0 Å². The SMILES string of the molecule is CC(N=[N+]=[N-])c1ccc(C(=O)NN)cc1. The minimum atomic E-state index is -0.349. The van der Waals surface area contributed by atoms with Gasteiger partial charge in [0.25, 0.3) is 5.91 Å². The van der Waals surface area contributed by atoms with Crippen molar-refractivity contribution in [1.29, 1.82) is 0 Å². The maximum Gasteiger partial charge on any atom is 0.265 e. The second-order valence-corrected chi connectivity index (χ2v) is 2.98. The summed E-state index contributed by atoms with van der Waals surface area (Å²) in [7, 11) is 0. The second-order valence-electron chi connectivity index (χ2n) is 2.98. The fourth-order valence-corrected chi connectivity index (χ4v) is 1.14. The molecule has 0 aliphatic carbocycles. The minimum Gasteiger partial charge on any atom is -0.290 e. The molecule has 1 rings (SSSR count). The molecular weight excluding hydrogens is 194 g/mol. The van der Waals surface area contributed by atoms with Gasteiger partial charge in [0.05, 0.1) is 6.04 Å². The van der Waals surface area contributed by atoms with E-state index in [0.717, 1.165) is 5.56 Å². The van der Waals surface area contributed by atoms with E-state index in [0.29, 0.717) is 5.56 Å². The first kappa shape index (κ1) is 11.0. The molecule has 6 nitrogen and oxygen atoms in total. The summed E-state index contributed by atoms with van der Waals surface area (Å²) in [6, 6.07) is 6.46. The molecule has 0 heterocycles. The van der Waals surface area contributed by atoms with Gasteiger partial charge in [-0.3, -0.25) is 10.2 Å². The molecule has 0 aliphatic heterocycles. The summed E-state index contributed by atoms with van der Waals surface area (Å²) in [5.74, 6) is 4.63. The first-order valence-electron chi connectivity index (χ1n) is 4.34. The molecule has 0 aliphatic rings. The highest BCUT2D eigenvalue weighted by atomic mass is 16.2. The molecule has 1 amide bonds. The molecule has 0 radical (unpaired) electrons. The molecule has 3 N–H and O–H groups in total. The van der Waals surface area contributed by atoms with Crippen LogP contribution in [0.4, 0.5) is 0 Å². The average molecular weight is 205 g/mol. The van der Waals surface area contributed by atoms with Gasteiger partial charge in [-0.05, 0) is 23.2 Å². The van der Waals surface area contributed by atoms with E-state index in [1.807, 2.05) is 5.43 Å². The molecule has 0 saturated heterocycles. The summed E-state index contributed by atoms with van der Waals surface area (Å²) >= 11 is 0. The number of hydrogen-bond acceptors (Lipinski definition) is 3. The van der Waals surface area contributed by atoms with Gasteiger partial charge in [0.15, 0.2) is 0 Å². The van der Waals surface area contributed by atoms with E-state index in [-0.39, 0.29) is 11.9 Å². The Hall–Kier alpha value is -2.04. The lowest BCUT2D eigenvalue weighted by Crippen LogP contribution is -2.29. The summed E-state index contributed by atoms with van der Waals surface area (Å²) in [6.45, 7) is 1.78. The highest BCUT2D eigenvalue weighted by Crippen LogP contribution is 2.17. The van der Waals surface area contributed by atoms with E-state index in [1.54, 1.807) is 31.2 Å². The number of carbonyl (C=O) groups is 1. The molecule has 1 unspecified atom stereocenters. The van der Waals surface area contributed by atoms with Crippen LogP contribution in [0.15, 0.2) is 29.4 Å². The van der Waals surface area contributed by atoms with Crippen LogP contribution >= 0.6 is 0 Å². The number of rotatable bonds is 3. The van der Waals surface area contributed by atoms with Gasteiger partial charge in [-0.25, -0.2) is 5.84 Å². The van der Waals surface area contributed by atoms with Crippen molar-refractivity contribution in [3.05, 3.63) is 45.8 Å². The van der Waals surface area contributed by atoms with Gasteiger partial charge in [-0.1, -0.05) is 24.2 Å². The van der Waals surface area contributed by atoms with E-state index in [9.17, 15) is 4.79 Å². The number of amides is 1. The third-order valence-corrected chi connectivity index (χ3v) is 2.01. The topological polar surface area (TPSA) is 104 Å². The van der Waals surface area contributed by atoms with Gasteiger partial charge < -0.3 is 0 Å². The van der Waals surface area contributed by atoms with Crippen molar-refractivity contribution < 1.29 is 4.79 Å². The van der Waals surface area contributed by atoms with E-state index in [1.165, 1.54) is 0 Å². The Morgan fingerprint density at radius 3 is 2.60 bits per heavy atom. The van der Waals surface area contributed by atoms with Crippen LogP contribution in [0.5, 0.6) is 0 Å². The molecule has 0 spiro atoms. The number of hydrazine groups is 1. The monoisotopic (exact) mass is 205 g/mol. The van der Waals surface area contributed by atoms with E-state index < -0.39 is 0 Å². The molecule has 15 heavy (non-hydrogen) atoms. The third-order valence-electron chi connectivity index (χ3n) is 2.01. The number of nitrogens with zero attached hydrogens (tertiary/aromatic N) is 3. The summed E-state index contributed by atoms with van der Waals surface area (Å²) in [5.41, 5.74) is 11.6. The lowest BCUT2D eigenvalue weighted by atomic mass is 10.1. The van der Waals surface area contributed by atoms with Crippen LogP contribution in [0.1, 0.15) is 28.9 Å². The maximum absolute atomic E-state index is 11.1. The molecule has 1 aromatic rings. The Kier molecular flexibility index (Phi) is 3.68. The summed E-state index contributed by atoms with van der Waals surface area (Å²) in [5, 5.41) is 3.54. The Bertz CT molecular complexity index is 393. The van der Waals surface area contributed by atoms with Gasteiger partial charge in [-0.2, -0.15) is 0 Å². The van der Waals surface area contributed by atoms with Crippen molar-refractivity contribution in [2.45, 2.75) is 13.0 Å². The Labute approximate surface area is 86.7 Å². The van der Waals surface area contributed by atoms with Crippen LogP contribution in [-0.2, 0) is 0 Å². The van der Waals surface area contributed by atoms with Crippen LogP contribution < -0.4 is 11.3 Å². The van der Waals surface area contributed by atoms with Crippen molar-refractivity contribution in [3.63, 3.8) is 0 Å². The largest absolute Gasteiger partial charge is 0.290 e. The fourth-order valence-electron chi connectivity index (χ4n) is 1.14. The Morgan fingerprint density at radius 2 is 2.13 bits per heavy atom. The predicted octanol–water partition coefficient (Wildman–Crippen LogP) is 1.66. The Morgan fingerprint density at radius 1 is 1.53 bits per heavy atom. The van der Waals surface area contributed by atoms with Crippen molar-refractivity contribution in [1.82, 2.24) is 5.43 Å². The normalized spacial score (nSPS) is 11.3. The van der Waals surface area contributed by atoms with Crippen molar-refractivity contribution in [2.75, 3.05) is 0 Å². The fraction of sp³-hybridized carbons (Fsp3) is 0.222. The highest BCUT2D eigenvalue weighted by Gasteiger charge is 2.05. The number of benzene rings is 1. The lowest BCUT2D eigenvalue weighted by Gasteiger charge is -2.05. The summed E-state index contributed by atoms with van der Waals surface area (Å²) in [4.78, 5) is 13.8. The van der Waals surface area contributed by atoms with E-state index in [4.69, 9.17) is 11.4 Å². The number of nitrogens with one attached hydrogen (secondary N) is 1.